The van der Waals surface area contributed by atoms with Crippen molar-refractivity contribution in [2.24, 2.45) is 10.9 Å². The van der Waals surface area contributed by atoms with Crippen LogP contribution in [0.15, 0.2) is 59.6 Å². The molecular weight excluding hydrogens is 427 g/mol. The lowest BCUT2D eigenvalue weighted by Gasteiger charge is -2.15. The van der Waals surface area contributed by atoms with Crippen molar-refractivity contribution in [2.45, 2.75) is 11.4 Å². The van der Waals surface area contributed by atoms with E-state index in [1.165, 1.54) is 49.7 Å². The zero-order chi connectivity index (χ0) is 22.8. The summed E-state index contributed by atoms with van der Waals surface area (Å²) in [5, 5.41) is 15.1. The number of halogens is 1. The van der Waals surface area contributed by atoms with Crippen molar-refractivity contribution < 1.29 is 27.5 Å². The van der Waals surface area contributed by atoms with E-state index in [1.807, 2.05) is 0 Å². The number of rotatable bonds is 6. The Balaban J connectivity index is 2.14. The number of amides is 2. The highest BCUT2D eigenvalue weighted by atomic mass is 32.2. The molecule has 0 saturated heterocycles. The van der Waals surface area contributed by atoms with Gasteiger partial charge in [-0.05, 0) is 41.5 Å². The number of aromatic nitrogens is 1. The molecule has 0 radical (unpaired) electrons. The molecule has 2 aromatic carbocycles. The lowest BCUT2D eigenvalue weighted by Crippen LogP contribution is -2.32. The van der Waals surface area contributed by atoms with Gasteiger partial charge < -0.3 is 10.5 Å². The minimum absolute atomic E-state index is 0.0576. The van der Waals surface area contributed by atoms with Gasteiger partial charge in [0.2, 0.25) is 10.0 Å². The molecule has 1 heterocycles. The molecule has 31 heavy (non-hydrogen) atoms. The number of carbonyl (C=O) groups is 1. The number of nitrogens with zero attached hydrogens (tertiary/aromatic N) is 2. The summed E-state index contributed by atoms with van der Waals surface area (Å²) in [5.74, 6) is -0.538. The second kappa shape index (κ2) is 8.68. The van der Waals surface area contributed by atoms with Gasteiger partial charge >= 0.3 is 6.03 Å². The third kappa shape index (κ3) is 4.97. The van der Waals surface area contributed by atoms with Crippen LogP contribution in [0.5, 0.6) is 5.75 Å². The molecule has 162 valence electrons. The number of hydroxylamine groups is 2. The number of sulfonamides is 1. The summed E-state index contributed by atoms with van der Waals surface area (Å²) in [6, 6.07) is 10.6. The zero-order valence-electron chi connectivity index (χ0n) is 16.3. The van der Waals surface area contributed by atoms with Crippen molar-refractivity contribution in [2.75, 3.05) is 7.11 Å². The Labute approximate surface area is 177 Å². The number of primary sulfonamides is 1. The molecule has 0 unspecified atom stereocenters. The van der Waals surface area contributed by atoms with Gasteiger partial charge in [-0.2, -0.15) is 0 Å². The third-order valence-electron chi connectivity index (χ3n) is 4.45. The van der Waals surface area contributed by atoms with Crippen molar-refractivity contribution in [3.05, 3.63) is 66.1 Å². The van der Waals surface area contributed by atoms with E-state index < -0.39 is 21.9 Å². The lowest BCUT2D eigenvalue weighted by molar-refractivity contribution is -0.0471. The van der Waals surface area contributed by atoms with E-state index in [9.17, 15) is 22.8 Å². The molecule has 0 atom stereocenters. The third-order valence-corrected chi connectivity index (χ3v) is 5.38. The van der Waals surface area contributed by atoms with Crippen LogP contribution < -0.4 is 15.6 Å². The van der Waals surface area contributed by atoms with Gasteiger partial charge in [-0.15, -0.1) is 0 Å². The lowest BCUT2D eigenvalue weighted by atomic mass is 9.97. The highest BCUT2D eigenvalue weighted by Crippen LogP contribution is 2.34. The monoisotopic (exact) mass is 446 g/mol. The van der Waals surface area contributed by atoms with Crippen LogP contribution in [0.2, 0.25) is 0 Å². The topological polar surface area (TPSA) is 149 Å². The van der Waals surface area contributed by atoms with Crippen LogP contribution in [-0.4, -0.2) is 36.8 Å². The molecule has 0 spiro atoms. The molecule has 5 N–H and O–H groups in total. The summed E-state index contributed by atoms with van der Waals surface area (Å²) in [5.41, 5.74) is 7.35. The van der Waals surface area contributed by atoms with Crippen LogP contribution in [0, 0.1) is 5.82 Å². The van der Waals surface area contributed by atoms with E-state index in [2.05, 4.69) is 4.98 Å². The molecule has 0 aliphatic rings. The summed E-state index contributed by atoms with van der Waals surface area (Å²) in [6.45, 7) is -0.237. The Kier molecular flexibility index (Phi) is 6.20. The van der Waals surface area contributed by atoms with E-state index in [0.717, 1.165) is 0 Å². The number of urea groups is 1. The number of pyridine rings is 1. The Morgan fingerprint density at radius 3 is 2.35 bits per heavy atom. The molecule has 0 bridgehead atoms. The number of hydrogen-bond acceptors (Lipinski definition) is 6. The van der Waals surface area contributed by atoms with Crippen molar-refractivity contribution in [1.82, 2.24) is 10.0 Å². The summed E-state index contributed by atoms with van der Waals surface area (Å²) in [4.78, 5) is 15.4. The van der Waals surface area contributed by atoms with Crippen LogP contribution in [-0.2, 0) is 16.6 Å². The summed E-state index contributed by atoms with van der Waals surface area (Å²) >= 11 is 0. The normalized spacial score (nSPS) is 11.2. The van der Waals surface area contributed by atoms with E-state index in [4.69, 9.17) is 15.6 Å². The van der Waals surface area contributed by atoms with Crippen molar-refractivity contribution >= 4 is 16.1 Å². The average molecular weight is 446 g/mol. The van der Waals surface area contributed by atoms with Crippen LogP contribution >= 0.6 is 0 Å². The quantitative estimate of drug-likeness (QED) is 0.391. The predicted molar refractivity (Wildman–Crippen MR) is 110 cm³/mol. The number of methoxy groups -OCH3 is 1. The molecule has 0 aliphatic carbocycles. The maximum atomic E-state index is 14.3. The number of ether oxygens (including phenoxy) is 1. The van der Waals surface area contributed by atoms with Gasteiger partial charge in [0.25, 0.3) is 0 Å². The predicted octanol–water partition coefficient (Wildman–Crippen LogP) is 2.48. The fraction of sp³-hybridized carbons (Fsp3) is 0.100. The number of hydrogen-bond donors (Lipinski definition) is 3. The first-order valence-electron chi connectivity index (χ1n) is 8.82. The SMILES string of the molecule is COc1ccc(-c2cc(CN(O)C(N)=O)cnc2-c2ccc(S(N)(=O)=O)cc2)cc1F. The standard InChI is InChI=1S/C20H19FN4O5S/c1-30-18-7-4-14(9-17(18)21)16-8-12(11-25(27)20(22)26)10-24-19(16)13-2-5-15(6-3-13)31(23,28)29/h2-10,27H,11H2,1H3,(H2,22,26)(H2,23,28,29). The Morgan fingerprint density at radius 2 is 1.81 bits per heavy atom. The Morgan fingerprint density at radius 1 is 1.16 bits per heavy atom. The van der Waals surface area contributed by atoms with E-state index in [1.54, 1.807) is 12.1 Å². The number of nitrogens with two attached hydrogens (primary N) is 2. The van der Waals surface area contributed by atoms with Gasteiger partial charge in [-0.25, -0.2) is 27.8 Å². The highest BCUT2D eigenvalue weighted by Gasteiger charge is 2.16. The summed E-state index contributed by atoms with van der Waals surface area (Å²) in [7, 11) is -2.52. The number of benzene rings is 2. The maximum absolute atomic E-state index is 14.3. The molecule has 0 fully saturated rings. The van der Waals surface area contributed by atoms with Crippen molar-refractivity contribution in [3.8, 4) is 28.1 Å². The number of primary amides is 1. The van der Waals surface area contributed by atoms with Crippen LogP contribution in [0.3, 0.4) is 0 Å². The molecule has 3 aromatic rings. The van der Waals surface area contributed by atoms with Crippen LogP contribution in [0.25, 0.3) is 22.4 Å². The Bertz CT molecular complexity index is 1230. The van der Waals surface area contributed by atoms with Crippen LogP contribution in [0.4, 0.5) is 9.18 Å². The number of carbonyl (C=O) groups excluding carboxylic acids is 1. The van der Waals surface area contributed by atoms with Gasteiger partial charge in [-0.1, -0.05) is 18.2 Å². The molecule has 11 heteroatoms. The second-order valence-corrected chi connectivity index (χ2v) is 8.12. The largest absolute Gasteiger partial charge is 0.494 e. The van der Waals surface area contributed by atoms with E-state index in [-0.39, 0.29) is 17.2 Å². The average Bonchev–Trinajstić information content (AvgIpc) is 2.73. The van der Waals surface area contributed by atoms with Gasteiger partial charge in [0.05, 0.1) is 24.2 Å². The molecule has 2 amide bonds. The Hall–Kier alpha value is -3.54. The van der Waals surface area contributed by atoms with Crippen molar-refractivity contribution in [1.29, 1.82) is 0 Å². The first kappa shape index (κ1) is 22.2. The second-order valence-electron chi connectivity index (χ2n) is 6.55. The van der Waals surface area contributed by atoms with Crippen LogP contribution in [0.1, 0.15) is 5.56 Å². The molecule has 0 saturated carbocycles. The fourth-order valence-corrected chi connectivity index (χ4v) is 3.45. The van der Waals surface area contributed by atoms with Gasteiger partial charge in [0.15, 0.2) is 11.6 Å². The first-order valence-corrected chi connectivity index (χ1v) is 10.4. The smallest absolute Gasteiger partial charge is 0.338 e. The zero-order valence-corrected chi connectivity index (χ0v) is 17.1. The molecule has 3 rings (SSSR count). The molecule has 0 aliphatic heterocycles. The van der Waals surface area contributed by atoms with E-state index in [0.29, 0.717) is 33.0 Å². The minimum atomic E-state index is -3.87. The fourth-order valence-electron chi connectivity index (χ4n) is 2.93. The first-order chi connectivity index (χ1) is 14.6. The van der Waals surface area contributed by atoms with Gasteiger partial charge in [0, 0.05) is 17.3 Å². The van der Waals surface area contributed by atoms with E-state index >= 15 is 0 Å². The molecule has 9 nitrogen and oxygen atoms in total. The van der Waals surface area contributed by atoms with Gasteiger partial charge in [0.1, 0.15) is 0 Å². The highest BCUT2D eigenvalue weighted by molar-refractivity contribution is 7.89. The summed E-state index contributed by atoms with van der Waals surface area (Å²) < 4.78 is 42.3. The minimum Gasteiger partial charge on any atom is -0.494 e. The van der Waals surface area contributed by atoms with Crippen molar-refractivity contribution in [3.63, 3.8) is 0 Å². The van der Waals surface area contributed by atoms with Gasteiger partial charge in [-0.3, -0.25) is 10.2 Å². The maximum Gasteiger partial charge on any atom is 0.338 e. The summed E-state index contributed by atoms with van der Waals surface area (Å²) in [6.07, 6.45) is 1.42. The molecule has 1 aromatic heterocycles. The molecular formula is C20H19FN4O5S.